The molecule has 9 heteroatoms. The molecule has 0 unspecified atom stereocenters. The minimum Gasteiger partial charge on any atom is -0.309 e. The first-order valence-corrected chi connectivity index (χ1v) is 39.8. The highest BCUT2D eigenvalue weighted by Gasteiger charge is 2.21. The maximum atomic E-state index is 5.32. The number of rotatable bonds is 12. The number of hydrogen-bond donors (Lipinski definition) is 0. The van der Waals surface area contributed by atoms with E-state index < -0.39 is 0 Å². The third-order valence-electron chi connectivity index (χ3n) is 22.6. The molecule has 0 atom stereocenters. The van der Waals surface area contributed by atoms with E-state index in [1.807, 2.05) is 73.3 Å². The lowest BCUT2D eigenvalue weighted by atomic mass is 10.0. The molecule has 0 saturated carbocycles. The Balaban J connectivity index is 0.000000111. The zero-order chi connectivity index (χ0) is 78.2. The number of para-hydroxylation sites is 4. The monoisotopic (exact) mass is 1510 g/mol. The summed E-state index contributed by atoms with van der Waals surface area (Å²) in [7, 11) is 0. The molecule has 16 aromatic carbocycles. The molecule has 23 aromatic rings. The van der Waals surface area contributed by atoms with Crippen molar-refractivity contribution < 1.29 is 0 Å². The van der Waals surface area contributed by atoms with Gasteiger partial charge in [-0.25, -0.2) is 24.9 Å². The number of nitrogens with zero attached hydrogens (tertiary/aromatic N) is 9. The average molecular weight is 1510 g/mol. The maximum Gasteiger partial charge on any atom is 0.234 e. The van der Waals surface area contributed by atoms with Crippen LogP contribution in [0, 0.1) is 0 Å². The molecule has 0 aliphatic rings. The standard InChI is InChI=1S/C41H27N3.2C34H23N3/c1-2-12-28(13-3-1)30-26-36(42-41(27-30)44-39-20-10-6-16-34(39)35-17-7-11-21-40(35)44)29-22-24-31(25-23-29)43-37-18-8-4-14-32(37)33-15-5-9-19-38(33)43;1-4-10-24(11-5-1)27-16-18-32-30(20-27)31-21-28(25-12-6-2-7-13-25)17-19-33(31)37(32)29-22-35-34(36-23-29)26-14-8-3-9-15-26;1-4-10-24(11-5-1)27-16-18-32-30(20-27)31-21-28(25-12-6-2-7-13-25)17-19-33(31)37(32)34-35-22-29(23-36-34)26-14-8-3-9-15-26/h1-27H;2*1-23H. The second kappa shape index (κ2) is 30.5. The van der Waals surface area contributed by atoms with Crippen molar-refractivity contribution in [1.29, 1.82) is 0 Å². The van der Waals surface area contributed by atoms with Crippen LogP contribution in [-0.4, -0.2) is 43.2 Å². The van der Waals surface area contributed by atoms with E-state index in [9.17, 15) is 0 Å². The van der Waals surface area contributed by atoms with Gasteiger partial charge in [-0.1, -0.05) is 322 Å². The Morgan fingerprint density at radius 1 is 0.161 bits per heavy atom. The Kier molecular flexibility index (Phi) is 18.1. The summed E-state index contributed by atoms with van der Waals surface area (Å²) < 4.78 is 9.09. The summed E-state index contributed by atoms with van der Waals surface area (Å²) in [4.78, 5) is 24.4. The first-order chi connectivity index (χ1) is 58.5. The van der Waals surface area contributed by atoms with Gasteiger partial charge in [0, 0.05) is 77.9 Å². The summed E-state index contributed by atoms with van der Waals surface area (Å²) in [6.07, 6.45) is 7.66. The lowest BCUT2D eigenvalue weighted by molar-refractivity contribution is 0.990. The third kappa shape index (κ3) is 13.1. The number of hydrogen-bond acceptors (Lipinski definition) is 5. The van der Waals surface area contributed by atoms with E-state index in [0.717, 1.165) is 89.6 Å². The van der Waals surface area contributed by atoms with E-state index in [2.05, 4.69) is 388 Å². The molecular formula is C109H73N9. The lowest BCUT2D eigenvalue weighted by Gasteiger charge is -2.14. The van der Waals surface area contributed by atoms with Crippen molar-refractivity contribution in [3.63, 3.8) is 0 Å². The summed E-state index contributed by atoms with van der Waals surface area (Å²) in [6.45, 7) is 0. The molecule has 0 spiro atoms. The molecule has 0 amide bonds. The summed E-state index contributed by atoms with van der Waals surface area (Å²) >= 11 is 0. The summed E-state index contributed by atoms with van der Waals surface area (Å²) in [5, 5.41) is 9.77. The van der Waals surface area contributed by atoms with E-state index in [4.69, 9.17) is 24.9 Å². The van der Waals surface area contributed by atoms with Crippen molar-refractivity contribution in [2.75, 3.05) is 0 Å². The second-order valence-electron chi connectivity index (χ2n) is 29.6. The SMILES string of the molecule is c1ccc(-c2cc(-c3ccc(-n4c5ccccc5c5ccccc54)cc3)nc(-n3c4ccccc4c4ccccc43)c2)cc1.c1ccc(-c2ccc3c(c2)c2cc(-c4ccccc4)ccc2n3-c2cnc(-c3ccccc3)nc2)cc1.c1ccc(-c2cnc(-n3c4ccc(-c5ccccc5)cc4c4cc(-c5ccccc5)ccc43)nc2)cc1. The predicted octanol–water partition coefficient (Wildman–Crippen LogP) is 27.8. The van der Waals surface area contributed by atoms with Gasteiger partial charge in [0.2, 0.25) is 5.95 Å². The fraction of sp³-hybridized carbons (Fsp3) is 0. The summed E-state index contributed by atoms with van der Waals surface area (Å²) in [6, 6.07) is 148. The number of benzene rings is 16. The van der Waals surface area contributed by atoms with E-state index in [0.29, 0.717) is 5.95 Å². The molecule has 554 valence electrons. The molecule has 9 nitrogen and oxygen atoms in total. The lowest BCUT2D eigenvalue weighted by Crippen LogP contribution is -2.00. The van der Waals surface area contributed by atoms with Gasteiger partial charge in [-0.15, -0.1) is 0 Å². The molecule has 23 rings (SSSR count). The van der Waals surface area contributed by atoms with Gasteiger partial charge < -0.3 is 9.13 Å². The summed E-state index contributed by atoms with van der Waals surface area (Å²) in [5.41, 5.74) is 28.3. The Morgan fingerprint density at radius 2 is 0.449 bits per heavy atom. The van der Waals surface area contributed by atoms with E-state index in [1.165, 1.54) is 104 Å². The van der Waals surface area contributed by atoms with Gasteiger partial charge in [0.15, 0.2) is 5.82 Å². The minimum absolute atomic E-state index is 0.666. The molecule has 0 aliphatic carbocycles. The second-order valence-corrected chi connectivity index (χ2v) is 29.6. The maximum absolute atomic E-state index is 5.32. The Labute approximate surface area is 681 Å². The van der Waals surface area contributed by atoms with Gasteiger partial charge in [-0.3, -0.25) is 9.13 Å². The van der Waals surface area contributed by atoms with Gasteiger partial charge >= 0.3 is 0 Å². The number of pyridine rings is 1. The Hall–Kier alpha value is -16.0. The van der Waals surface area contributed by atoms with Crippen molar-refractivity contribution in [3.05, 3.63) is 443 Å². The van der Waals surface area contributed by atoms with Crippen LogP contribution in [0.15, 0.2) is 443 Å². The van der Waals surface area contributed by atoms with Crippen LogP contribution in [0.3, 0.4) is 0 Å². The van der Waals surface area contributed by atoms with Crippen LogP contribution < -0.4 is 0 Å². The normalized spacial score (nSPS) is 11.4. The zero-order valence-electron chi connectivity index (χ0n) is 64.2. The predicted molar refractivity (Wildman–Crippen MR) is 489 cm³/mol. The molecule has 0 fully saturated rings. The quantitative estimate of drug-likeness (QED) is 0.122. The minimum atomic E-state index is 0.666. The van der Waals surface area contributed by atoms with Crippen LogP contribution in [0.5, 0.6) is 0 Å². The van der Waals surface area contributed by atoms with Gasteiger partial charge in [-0.2, -0.15) is 0 Å². The van der Waals surface area contributed by atoms with Crippen LogP contribution in [0.4, 0.5) is 0 Å². The van der Waals surface area contributed by atoms with Crippen LogP contribution in [-0.2, 0) is 0 Å². The Morgan fingerprint density at radius 3 is 0.822 bits per heavy atom. The van der Waals surface area contributed by atoms with Crippen LogP contribution in [0.1, 0.15) is 0 Å². The zero-order valence-corrected chi connectivity index (χ0v) is 64.2. The third-order valence-corrected chi connectivity index (χ3v) is 22.6. The van der Waals surface area contributed by atoms with E-state index in [1.54, 1.807) is 0 Å². The van der Waals surface area contributed by atoms with Crippen molar-refractivity contribution in [2.45, 2.75) is 0 Å². The number of fused-ring (bicyclic) bond motifs is 12. The molecular weight excluding hydrogens is 1440 g/mol. The molecule has 0 bridgehead atoms. The van der Waals surface area contributed by atoms with Crippen LogP contribution in [0.2, 0.25) is 0 Å². The molecule has 7 aromatic heterocycles. The fourth-order valence-corrected chi connectivity index (χ4v) is 16.9. The molecule has 0 radical (unpaired) electrons. The highest BCUT2D eigenvalue weighted by Crippen LogP contribution is 2.42. The van der Waals surface area contributed by atoms with Crippen molar-refractivity contribution in [2.24, 2.45) is 0 Å². The largest absolute Gasteiger partial charge is 0.309 e. The van der Waals surface area contributed by atoms with Crippen molar-refractivity contribution in [3.8, 4) is 113 Å². The van der Waals surface area contributed by atoms with Gasteiger partial charge in [0.25, 0.3) is 0 Å². The van der Waals surface area contributed by atoms with Crippen LogP contribution >= 0.6 is 0 Å². The van der Waals surface area contributed by atoms with Crippen molar-refractivity contribution in [1.82, 2.24) is 43.2 Å². The topological polar surface area (TPSA) is 84.2 Å². The highest BCUT2D eigenvalue weighted by atomic mass is 15.2. The van der Waals surface area contributed by atoms with Crippen molar-refractivity contribution >= 4 is 87.2 Å². The smallest absolute Gasteiger partial charge is 0.234 e. The fourth-order valence-electron chi connectivity index (χ4n) is 16.9. The first-order valence-electron chi connectivity index (χ1n) is 39.8. The molecule has 0 saturated heterocycles. The van der Waals surface area contributed by atoms with Crippen LogP contribution in [0.25, 0.3) is 200 Å². The van der Waals surface area contributed by atoms with Gasteiger partial charge in [0.1, 0.15) is 5.82 Å². The van der Waals surface area contributed by atoms with Gasteiger partial charge in [-0.05, 0) is 158 Å². The molecule has 0 N–H and O–H groups in total. The summed E-state index contributed by atoms with van der Waals surface area (Å²) in [5.74, 6) is 2.30. The van der Waals surface area contributed by atoms with E-state index in [-0.39, 0.29) is 0 Å². The molecule has 0 aliphatic heterocycles. The average Bonchev–Trinajstić information content (AvgIpc) is 2.00. The molecule has 118 heavy (non-hydrogen) atoms. The Bertz CT molecular complexity index is 7020. The van der Waals surface area contributed by atoms with Gasteiger partial charge in [0.05, 0.1) is 67.9 Å². The van der Waals surface area contributed by atoms with E-state index >= 15 is 0 Å². The molecule has 7 heterocycles. The highest BCUT2D eigenvalue weighted by molar-refractivity contribution is 6.14. The number of aromatic nitrogens is 9. The first kappa shape index (κ1) is 69.9.